The van der Waals surface area contributed by atoms with Crippen LogP contribution in [0.2, 0.25) is 0 Å². The summed E-state index contributed by atoms with van der Waals surface area (Å²) in [5.41, 5.74) is 13.7. The third-order valence-corrected chi connectivity index (χ3v) is 6.10. The van der Waals surface area contributed by atoms with Gasteiger partial charge in [-0.25, -0.2) is 4.99 Å². The van der Waals surface area contributed by atoms with E-state index in [1.165, 1.54) is 6.42 Å². The molecule has 1 saturated heterocycles. The SMILES string of the molecule is NC1=NC2(CCCCC2)N(c2ccc(N3CCCC(C(=O)O)C3)cc2)C(N)=N1. The Morgan fingerprint density at radius 1 is 1.07 bits per heavy atom. The molecule has 0 aromatic heterocycles. The van der Waals surface area contributed by atoms with E-state index in [4.69, 9.17) is 16.5 Å². The van der Waals surface area contributed by atoms with Crippen LogP contribution in [0.5, 0.6) is 0 Å². The minimum atomic E-state index is -0.715. The monoisotopic (exact) mass is 384 g/mol. The fraction of sp³-hybridized carbons (Fsp3) is 0.550. The molecule has 1 atom stereocenters. The van der Waals surface area contributed by atoms with Gasteiger partial charge in [0.2, 0.25) is 11.9 Å². The van der Waals surface area contributed by atoms with Crippen molar-refractivity contribution < 1.29 is 9.90 Å². The van der Waals surface area contributed by atoms with Gasteiger partial charge in [-0.2, -0.15) is 4.99 Å². The average molecular weight is 384 g/mol. The molecule has 1 aromatic rings. The van der Waals surface area contributed by atoms with Crippen LogP contribution in [0.3, 0.4) is 0 Å². The van der Waals surface area contributed by atoms with Crippen LogP contribution in [0.25, 0.3) is 0 Å². The maximum Gasteiger partial charge on any atom is 0.308 e. The van der Waals surface area contributed by atoms with Gasteiger partial charge in [-0.15, -0.1) is 0 Å². The summed E-state index contributed by atoms with van der Waals surface area (Å²) in [5.74, 6) is -0.388. The van der Waals surface area contributed by atoms with Crippen LogP contribution in [0.1, 0.15) is 44.9 Å². The molecule has 2 fully saturated rings. The molecule has 0 radical (unpaired) electrons. The van der Waals surface area contributed by atoms with Gasteiger partial charge in [-0.1, -0.05) is 6.42 Å². The first-order valence-electron chi connectivity index (χ1n) is 10.1. The normalized spacial score (nSPS) is 24.6. The highest BCUT2D eigenvalue weighted by Gasteiger charge is 2.42. The van der Waals surface area contributed by atoms with E-state index in [1.54, 1.807) is 0 Å². The highest BCUT2D eigenvalue weighted by atomic mass is 16.4. The van der Waals surface area contributed by atoms with E-state index < -0.39 is 11.6 Å². The van der Waals surface area contributed by atoms with Gasteiger partial charge < -0.3 is 21.5 Å². The van der Waals surface area contributed by atoms with Crippen LogP contribution >= 0.6 is 0 Å². The number of aliphatic carboxylic acids is 1. The minimum Gasteiger partial charge on any atom is -0.481 e. The van der Waals surface area contributed by atoms with Crippen molar-refractivity contribution in [2.45, 2.75) is 50.6 Å². The number of nitrogens with two attached hydrogens (primary N) is 2. The zero-order valence-corrected chi connectivity index (χ0v) is 16.0. The van der Waals surface area contributed by atoms with Gasteiger partial charge in [0.1, 0.15) is 5.66 Å². The lowest BCUT2D eigenvalue weighted by Crippen LogP contribution is -2.58. The maximum absolute atomic E-state index is 11.3. The number of carbonyl (C=O) groups is 1. The first kappa shape index (κ1) is 18.6. The molecule has 1 aliphatic carbocycles. The smallest absolute Gasteiger partial charge is 0.308 e. The summed E-state index contributed by atoms with van der Waals surface area (Å²) >= 11 is 0. The van der Waals surface area contributed by atoms with Crippen molar-refractivity contribution in [2.75, 3.05) is 22.9 Å². The van der Waals surface area contributed by atoms with Crippen LogP contribution < -0.4 is 21.3 Å². The molecule has 0 bridgehead atoms. The third-order valence-electron chi connectivity index (χ3n) is 6.10. The van der Waals surface area contributed by atoms with Crippen molar-refractivity contribution >= 4 is 29.3 Å². The molecule has 2 aliphatic heterocycles. The molecule has 4 rings (SSSR count). The van der Waals surface area contributed by atoms with E-state index in [9.17, 15) is 9.90 Å². The molecule has 150 valence electrons. The van der Waals surface area contributed by atoms with Gasteiger partial charge in [0, 0.05) is 24.5 Å². The fourth-order valence-electron chi connectivity index (χ4n) is 4.72. The lowest BCUT2D eigenvalue weighted by molar-refractivity contribution is -0.141. The number of hydrogen-bond donors (Lipinski definition) is 3. The van der Waals surface area contributed by atoms with E-state index in [0.29, 0.717) is 12.5 Å². The number of anilines is 2. The molecular weight excluding hydrogens is 356 g/mol. The van der Waals surface area contributed by atoms with Crippen LogP contribution in [-0.2, 0) is 4.79 Å². The van der Waals surface area contributed by atoms with Gasteiger partial charge in [0.05, 0.1) is 5.92 Å². The Kier molecular flexibility index (Phi) is 4.87. The van der Waals surface area contributed by atoms with Crippen LogP contribution in [0.4, 0.5) is 11.4 Å². The molecule has 8 heteroatoms. The summed E-state index contributed by atoms with van der Waals surface area (Å²) < 4.78 is 0. The van der Waals surface area contributed by atoms with Crippen molar-refractivity contribution in [3.05, 3.63) is 24.3 Å². The molecule has 28 heavy (non-hydrogen) atoms. The van der Waals surface area contributed by atoms with Gasteiger partial charge in [0.15, 0.2) is 0 Å². The number of benzene rings is 1. The van der Waals surface area contributed by atoms with Crippen molar-refractivity contribution in [2.24, 2.45) is 27.4 Å². The molecule has 1 saturated carbocycles. The Morgan fingerprint density at radius 3 is 2.43 bits per heavy atom. The Morgan fingerprint density at radius 2 is 1.75 bits per heavy atom. The number of aliphatic imine (C=N–C) groups is 2. The zero-order valence-electron chi connectivity index (χ0n) is 16.0. The van der Waals surface area contributed by atoms with Crippen LogP contribution in [0.15, 0.2) is 34.3 Å². The minimum absolute atomic E-state index is 0.250. The Bertz CT molecular complexity index is 797. The van der Waals surface area contributed by atoms with Crippen molar-refractivity contribution in [1.29, 1.82) is 0 Å². The number of nitrogens with zero attached hydrogens (tertiary/aromatic N) is 4. The molecule has 8 nitrogen and oxygen atoms in total. The Hall–Kier alpha value is -2.77. The van der Waals surface area contributed by atoms with Gasteiger partial charge in [0.25, 0.3) is 0 Å². The van der Waals surface area contributed by atoms with Gasteiger partial charge in [-0.05, 0) is 62.8 Å². The highest BCUT2D eigenvalue weighted by Crippen LogP contribution is 2.40. The standard InChI is InChI=1S/C20H28N6O2/c21-18-23-19(22)26(20(24-18)10-2-1-3-11-20)16-8-6-15(7-9-16)25-12-4-5-14(13-25)17(27)28/h6-9,14H,1-5,10-13H2,(H,27,28)(H4,21,22,23,24). The van der Waals surface area contributed by atoms with Crippen LogP contribution in [-0.4, -0.2) is 41.7 Å². The molecule has 5 N–H and O–H groups in total. The number of piperidine rings is 1. The molecule has 2 heterocycles. The summed E-state index contributed by atoms with van der Waals surface area (Å²) in [7, 11) is 0. The van der Waals surface area contributed by atoms with Gasteiger partial charge in [-0.3, -0.25) is 9.69 Å². The predicted octanol–water partition coefficient (Wildman–Crippen LogP) is 2.10. The second-order valence-corrected chi connectivity index (χ2v) is 7.96. The summed E-state index contributed by atoms with van der Waals surface area (Å²) in [5, 5.41) is 9.33. The Balaban J connectivity index is 1.59. The second kappa shape index (κ2) is 7.33. The van der Waals surface area contributed by atoms with Crippen molar-refractivity contribution in [3.63, 3.8) is 0 Å². The second-order valence-electron chi connectivity index (χ2n) is 7.96. The molecule has 1 spiro atoms. The van der Waals surface area contributed by atoms with E-state index in [1.807, 2.05) is 29.2 Å². The highest BCUT2D eigenvalue weighted by molar-refractivity contribution is 6.05. The molecule has 3 aliphatic rings. The first-order chi connectivity index (χ1) is 13.5. The first-order valence-corrected chi connectivity index (χ1v) is 10.1. The number of rotatable bonds is 3. The third kappa shape index (κ3) is 3.39. The van der Waals surface area contributed by atoms with E-state index in [2.05, 4.69) is 9.89 Å². The quantitative estimate of drug-likeness (QED) is 0.734. The summed E-state index contributed by atoms with van der Waals surface area (Å²) in [6, 6.07) is 8.11. The maximum atomic E-state index is 11.3. The molecule has 0 amide bonds. The zero-order chi connectivity index (χ0) is 19.7. The van der Waals surface area contributed by atoms with E-state index in [0.717, 1.165) is 56.4 Å². The number of hydrogen-bond acceptors (Lipinski definition) is 7. The lowest BCUT2D eigenvalue weighted by Gasteiger charge is -2.45. The Labute approximate surface area is 164 Å². The molecular formula is C20H28N6O2. The summed E-state index contributed by atoms with van der Waals surface area (Å²) in [6.45, 7) is 1.42. The van der Waals surface area contributed by atoms with Crippen LogP contribution in [0, 0.1) is 5.92 Å². The van der Waals surface area contributed by atoms with E-state index >= 15 is 0 Å². The van der Waals surface area contributed by atoms with Gasteiger partial charge >= 0.3 is 5.97 Å². The topological polar surface area (TPSA) is 121 Å². The number of carboxylic acid groups (broad SMARTS) is 1. The fourth-order valence-corrected chi connectivity index (χ4v) is 4.72. The largest absolute Gasteiger partial charge is 0.481 e. The number of guanidine groups is 2. The number of carboxylic acids is 1. The molecule has 1 unspecified atom stereocenters. The van der Waals surface area contributed by atoms with Crippen molar-refractivity contribution in [1.82, 2.24) is 0 Å². The van der Waals surface area contributed by atoms with Crippen molar-refractivity contribution in [3.8, 4) is 0 Å². The average Bonchev–Trinajstić information content (AvgIpc) is 2.68. The summed E-state index contributed by atoms with van der Waals surface area (Å²) in [6.07, 6.45) is 6.80. The predicted molar refractivity (Wildman–Crippen MR) is 111 cm³/mol. The lowest BCUT2D eigenvalue weighted by atomic mass is 9.87. The molecule has 1 aromatic carbocycles. The summed E-state index contributed by atoms with van der Waals surface area (Å²) in [4.78, 5) is 24.4. The van der Waals surface area contributed by atoms with E-state index in [-0.39, 0.29) is 11.9 Å².